The van der Waals surface area contributed by atoms with Crippen molar-refractivity contribution in [1.82, 2.24) is 29.8 Å². The lowest BCUT2D eigenvalue weighted by atomic mass is 9.93. The van der Waals surface area contributed by atoms with Crippen molar-refractivity contribution in [2.45, 2.75) is 167 Å². The third-order valence-corrected chi connectivity index (χ3v) is 15.4. The molecule has 2 aliphatic heterocycles. The average Bonchev–Trinajstić information content (AvgIpc) is 4.14. The van der Waals surface area contributed by atoms with Crippen molar-refractivity contribution in [1.29, 1.82) is 0 Å². The minimum atomic E-state index is -0.491. The first-order valence-corrected chi connectivity index (χ1v) is 26.7. The lowest BCUT2D eigenvalue weighted by Gasteiger charge is -2.32. The molecule has 2 saturated heterocycles. The minimum absolute atomic E-state index is 0.0849. The number of rotatable bonds is 10. The van der Waals surface area contributed by atoms with Gasteiger partial charge in [0.1, 0.15) is 11.2 Å². The monoisotopic (exact) mass is 998 g/mol. The van der Waals surface area contributed by atoms with Gasteiger partial charge in [-0.3, -0.25) is 9.89 Å². The second kappa shape index (κ2) is 24.1. The van der Waals surface area contributed by atoms with Crippen LogP contribution in [0, 0.1) is 11.8 Å². The fourth-order valence-corrected chi connectivity index (χ4v) is 11.4. The number of piperidine rings is 2. The van der Waals surface area contributed by atoms with Crippen molar-refractivity contribution in [2.75, 3.05) is 26.2 Å². The zero-order chi connectivity index (χ0) is 48.3. The molecule has 4 aromatic rings. The molecular formula is C51H72Cl2N6O6S2. The number of aromatic amines is 1. The van der Waals surface area contributed by atoms with E-state index in [9.17, 15) is 14.4 Å². The minimum Gasteiger partial charge on any atom is -0.513 e. The van der Waals surface area contributed by atoms with E-state index >= 15 is 0 Å². The van der Waals surface area contributed by atoms with Crippen LogP contribution in [0.25, 0.3) is 0 Å². The largest absolute Gasteiger partial charge is 0.513 e. The summed E-state index contributed by atoms with van der Waals surface area (Å²) in [7, 11) is 0. The van der Waals surface area contributed by atoms with Crippen molar-refractivity contribution in [3.63, 3.8) is 0 Å². The van der Waals surface area contributed by atoms with Gasteiger partial charge in [-0.05, 0) is 155 Å². The van der Waals surface area contributed by atoms with Crippen LogP contribution in [0.15, 0.2) is 48.7 Å². The van der Waals surface area contributed by atoms with Crippen LogP contribution in [0.4, 0.5) is 9.59 Å². The van der Waals surface area contributed by atoms with Crippen LogP contribution >= 0.6 is 45.9 Å². The molecule has 4 fully saturated rings. The smallest absolute Gasteiger partial charge is 0.410 e. The highest BCUT2D eigenvalue weighted by atomic mass is 35.5. The van der Waals surface area contributed by atoms with Crippen LogP contribution in [0.3, 0.4) is 0 Å². The molecule has 8 rings (SSSR count). The Labute approximate surface area is 415 Å². The van der Waals surface area contributed by atoms with Crippen molar-refractivity contribution in [3.05, 3.63) is 89.9 Å². The number of nitrogens with zero attached hydrogens (tertiary/aromatic N) is 5. The summed E-state index contributed by atoms with van der Waals surface area (Å²) in [5.41, 5.74) is 3.28. The number of thiophene rings is 2. The molecule has 67 heavy (non-hydrogen) atoms. The van der Waals surface area contributed by atoms with E-state index in [1.807, 2.05) is 53.7 Å². The summed E-state index contributed by atoms with van der Waals surface area (Å²) in [6.07, 6.45) is 15.5. The molecule has 4 aliphatic rings. The number of halogens is 2. The topological polar surface area (TPSA) is 143 Å². The number of H-pyrrole nitrogens is 1. The number of carbonyl (C=O) groups excluding carboxylic acids is 3. The van der Waals surface area contributed by atoms with Gasteiger partial charge in [-0.1, -0.05) is 55.5 Å². The van der Waals surface area contributed by atoms with E-state index < -0.39 is 11.2 Å². The summed E-state index contributed by atoms with van der Waals surface area (Å²) in [5.74, 6) is 1.69. The molecule has 2 aliphatic carbocycles. The quantitative estimate of drug-likeness (QED) is 0.150. The van der Waals surface area contributed by atoms with E-state index in [2.05, 4.69) is 41.0 Å². The lowest BCUT2D eigenvalue weighted by Crippen LogP contribution is -2.41. The summed E-state index contributed by atoms with van der Waals surface area (Å²) in [6.45, 7) is 17.6. The van der Waals surface area contributed by atoms with Crippen molar-refractivity contribution < 1.29 is 29.0 Å². The van der Waals surface area contributed by atoms with E-state index in [1.54, 1.807) is 37.2 Å². The summed E-state index contributed by atoms with van der Waals surface area (Å²) < 4.78 is 14.3. The van der Waals surface area contributed by atoms with Gasteiger partial charge < -0.3 is 24.4 Å². The fraction of sp³-hybridized carbons (Fsp3) is 0.627. The molecule has 0 spiro atoms. The second-order valence-corrected chi connectivity index (χ2v) is 24.1. The van der Waals surface area contributed by atoms with E-state index in [0.717, 1.165) is 134 Å². The lowest BCUT2D eigenvalue weighted by molar-refractivity contribution is 0.0193. The first kappa shape index (κ1) is 52.5. The van der Waals surface area contributed by atoms with Gasteiger partial charge in [0, 0.05) is 71.0 Å². The molecule has 4 aromatic heterocycles. The molecule has 2 N–H and O–H groups in total. The molecule has 0 bridgehead atoms. The highest BCUT2D eigenvalue weighted by Crippen LogP contribution is 2.33. The van der Waals surface area contributed by atoms with Gasteiger partial charge in [0.15, 0.2) is 0 Å². The number of aromatic nitrogens is 4. The highest BCUT2D eigenvalue weighted by Gasteiger charge is 2.32. The fourth-order valence-electron chi connectivity index (χ4n) is 9.18. The maximum Gasteiger partial charge on any atom is 0.410 e. The third kappa shape index (κ3) is 16.4. The molecule has 0 atom stereocenters. The Hall–Kier alpha value is -3.85. The standard InChI is InChI=1S/C25H34ClN3O3S.C19H26ClN3O2S.C7H12O/c1-25(2,3)32-24(31)28-14-12-17(13-15-28)21-16-19(8-9-20-10-11-22(26)33-20)29(27-21)23(30)18-6-4-5-7-18;1-19(2,3)25-18(24)23-10-8-13(9-11-23)16-12-14(21-22-16)4-5-15-6-7-17(20)26-15;1-6(8)7-4-2-3-5-7/h10-11,16-18H,4-9,12-15H2,1-3H3;6-7,12-13H,4-5,8-11H2,1-3H3,(H,21,22);7-8H,1-5H2. The van der Waals surface area contributed by atoms with Crippen LogP contribution in [0.2, 0.25) is 8.67 Å². The number of likely N-dealkylation sites (tertiary alicyclic amines) is 2. The average molecular weight is 1000 g/mol. The van der Waals surface area contributed by atoms with Crippen LogP contribution in [-0.2, 0) is 35.2 Å². The Kier molecular flexibility index (Phi) is 18.9. The van der Waals surface area contributed by atoms with E-state index in [4.69, 9.17) is 42.9 Å². The molecular weight excluding hydrogens is 928 g/mol. The second-order valence-electron chi connectivity index (χ2n) is 20.5. The summed E-state index contributed by atoms with van der Waals surface area (Å²) in [4.78, 5) is 43.9. The zero-order valence-corrected chi connectivity index (χ0v) is 43.6. The van der Waals surface area contributed by atoms with Crippen LogP contribution in [-0.4, -0.2) is 90.4 Å². The van der Waals surface area contributed by atoms with Gasteiger partial charge in [-0.25, -0.2) is 14.3 Å². The molecule has 0 radical (unpaired) electrons. The van der Waals surface area contributed by atoms with E-state index in [1.165, 1.54) is 22.6 Å². The number of aliphatic hydroxyl groups excluding tert-OH is 1. The van der Waals surface area contributed by atoms with Crippen LogP contribution in [0.5, 0.6) is 0 Å². The number of carbonyl (C=O) groups is 3. The predicted octanol–water partition coefficient (Wildman–Crippen LogP) is 13.6. The maximum absolute atomic E-state index is 13.3. The van der Waals surface area contributed by atoms with Gasteiger partial charge in [0.05, 0.1) is 25.8 Å². The van der Waals surface area contributed by atoms with Gasteiger partial charge in [0.25, 0.3) is 0 Å². The van der Waals surface area contributed by atoms with Crippen LogP contribution in [0.1, 0.15) is 168 Å². The van der Waals surface area contributed by atoms with Gasteiger partial charge in [0.2, 0.25) is 5.91 Å². The molecule has 0 unspecified atom stereocenters. The molecule has 16 heteroatoms. The van der Waals surface area contributed by atoms with E-state index in [0.29, 0.717) is 30.7 Å². The molecule has 2 saturated carbocycles. The first-order valence-electron chi connectivity index (χ1n) is 24.3. The van der Waals surface area contributed by atoms with E-state index in [-0.39, 0.29) is 29.9 Å². The predicted molar refractivity (Wildman–Crippen MR) is 270 cm³/mol. The number of nitrogens with one attached hydrogen (secondary N) is 1. The SMILES string of the molecule is C=C(O)C1CCCC1.CC(C)(C)OC(=O)N1CCC(c2cc(CCc3ccc(Cl)s3)[nH]n2)CC1.CC(C)(C)OC(=O)N1CCC(c2cc(CCc3ccc(Cl)s3)n(C(=O)C3CCCC3)n2)CC1. The summed E-state index contributed by atoms with van der Waals surface area (Å²) in [5, 5.41) is 21.4. The summed E-state index contributed by atoms with van der Waals surface area (Å²) >= 11 is 15.3. The molecule has 12 nitrogen and oxygen atoms in total. The van der Waals surface area contributed by atoms with Gasteiger partial charge in [-0.15, -0.1) is 22.7 Å². The Morgan fingerprint density at radius 2 is 1.15 bits per heavy atom. The Morgan fingerprint density at radius 3 is 1.58 bits per heavy atom. The van der Waals surface area contributed by atoms with Crippen molar-refractivity contribution in [2.24, 2.45) is 11.8 Å². The number of aliphatic hydroxyl groups is 1. The maximum atomic E-state index is 13.3. The summed E-state index contributed by atoms with van der Waals surface area (Å²) in [6, 6.07) is 12.3. The van der Waals surface area contributed by atoms with Crippen LogP contribution < -0.4 is 0 Å². The number of ether oxygens (including phenoxy) is 2. The molecule has 6 heterocycles. The number of allylic oxidation sites excluding steroid dienone is 1. The van der Waals surface area contributed by atoms with Gasteiger partial charge in [-0.2, -0.15) is 10.2 Å². The van der Waals surface area contributed by atoms with Gasteiger partial charge >= 0.3 is 12.2 Å². The molecule has 368 valence electrons. The number of amides is 2. The van der Waals surface area contributed by atoms with Crippen molar-refractivity contribution >= 4 is 64.0 Å². The number of hydrogen-bond acceptors (Lipinski definition) is 10. The molecule has 2 amide bonds. The number of hydrogen-bond donors (Lipinski definition) is 2. The van der Waals surface area contributed by atoms with Crippen molar-refractivity contribution in [3.8, 4) is 0 Å². The highest BCUT2D eigenvalue weighted by molar-refractivity contribution is 7.16. The Bertz CT molecular complexity index is 2230. The first-order chi connectivity index (χ1) is 31.8. The Balaban J connectivity index is 0.000000193. The third-order valence-electron chi connectivity index (χ3n) is 12.8. The zero-order valence-electron chi connectivity index (χ0n) is 40.4. The Morgan fingerprint density at radius 1 is 0.687 bits per heavy atom. The molecule has 0 aromatic carbocycles. The normalized spacial score (nSPS) is 17.7. The number of aryl methyl sites for hydroxylation is 4.